The van der Waals surface area contributed by atoms with E-state index in [0.717, 1.165) is 43.3 Å². The van der Waals surface area contributed by atoms with Gasteiger partial charge in [-0.2, -0.15) is 0 Å². The van der Waals surface area contributed by atoms with E-state index in [1.54, 1.807) is 0 Å². The van der Waals surface area contributed by atoms with Crippen molar-refractivity contribution in [1.82, 2.24) is 20.8 Å². The quantitative estimate of drug-likeness (QED) is 0.405. The number of H-pyrrole nitrogens is 1. The van der Waals surface area contributed by atoms with Crippen LogP contribution in [-0.4, -0.2) is 29.2 Å². The van der Waals surface area contributed by atoms with Crippen LogP contribution in [0.4, 0.5) is 0 Å². The number of nitrogens with zero attached hydrogens (tertiary/aromatic N) is 2. The zero-order valence-electron chi connectivity index (χ0n) is 17.3. The summed E-state index contributed by atoms with van der Waals surface area (Å²) in [5.41, 5.74) is 4.91. The van der Waals surface area contributed by atoms with Gasteiger partial charge in [0.05, 0.1) is 5.69 Å². The van der Waals surface area contributed by atoms with Crippen LogP contribution in [0.5, 0.6) is 0 Å². The number of aliphatic imine (C=N–C) groups is 1. The standard InChI is InChI=1S/C22H31N5O/c1-5-16-8-7-9-19-17(13-25-21(16)19)10-11-24-22(23-6-2)26-14-18-12-20(15(3)4)27-28-18/h7-9,12-13,15,25H,5-6,10-11,14H2,1-4H3,(H2,23,24,26). The summed E-state index contributed by atoms with van der Waals surface area (Å²) in [7, 11) is 0. The number of aryl methyl sites for hydroxylation is 1. The number of guanidine groups is 1. The highest BCUT2D eigenvalue weighted by atomic mass is 16.5. The molecule has 0 atom stereocenters. The number of hydrogen-bond donors (Lipinski definition) is 3. The van der Waals surface area contributed by atoms with Crippen LogP contribution in [0.2, 0.25) is 0 Å². The Kier molecular flexibility index (Phi) is 6.74. The smallest absolute Gasteiger partial charge is 0.191 e. The fourth-order valence-corrected chi connectivity index (χ4v) is 3.27. The number of aromatic amines is 1. The fraction of sp³-hybridized carbons (Fsp3) is 0.455. The number of benzene rings is 1. The Morgan fingerprint density at radius 1 is 1.21 bits per heavy atom. The minimum Gasteiger partial charge on any atom is -0.361 e. The Bertz CT molecular complexity index is 922. The number of nitrogens with one attached hydrogen (secondary N) is 3. The zero-order chi connectivity index (χ0) is 19.9. The molecule has 6 heteroatoms. The van der Waals surface area contributed by atoms with Crippen molar-refractivity contribution in [2.45, 2.75) is 53.0 Å². The van der Waals surface area contributed by atoms with Crippen molar-refractivity contribution in [3.8, 4) is 0 Å². The van der Waals surface area contributed by atoms with Gasteiger partial charge in [-0.05, 0) is 36.8 Å². The molecule has 0 fully saturated rings. The summed E-state index contributed by atoms with van der Waals surface area (Å²) in [5, 5.41) is 12.1. The Hall–Kier alpha value is -2.76. The lowest BCUT2D eigenvalue weighted by Gasteiger charge is -2.10. The van der Waals surface area contributed by atoms with Gasteiger partial charge in [-0.1, -0.05) is 44.1 Å². The molecule has 0 radical (unpaired) electrons. The number of aromatic nitrogens is 2. The highest BCUT2D eigenvalue weighted by Crippen LogP contribution is 2.22. The molecule has 0 aliphatic carbocycles. The van der Waals surface area contributed by atoms with Crippen LogP contribution in [0.25, 0.3) is 10.9 Å². The fourth-order valence-electron chi connectivity index (χ4n) is 3.27. The molecule has 150 valence electrons. The molecule has 0 amide bonds. The predicted molar refractivity (Wildman–Crippen MR) is 115 cm³/mol. The van der Waals surface area contributed by atoms with Crippen molar-refractivity contribution in [3.63, 3.8) is 0 Å². The van der Waals surface area contributed by atoms with Gasteiger partial charge in [-0.3, -0.25) is 0 Å². The van der Waals surface area contributed by atoms with Crippen molar-refractivity contribution in [3.05, 3.63) is 53.0 Å². The first-order valence-electron chi connectivity index (χ1n) is 10.2. The van der Waals surface area contributed by atoms with Crippen molar-refractivity contribution >= 4 is 16.9 Å². The molecule has 2 aromatic heterocycles. The lowest BCUT2D eigenvalue weighted by atomic mass is 10.1. The van der Waals surface area contributed by atoms with Crippen LogP contribution >= 0.6 is 0 Å². The average molecular weight is 382 g/mol. The second-order valence-electron chi connectivity index (χ2n) is 7.25. The van der Waals surface area contributed by atoms with Gasteiger partial charge in [-0.15, -0.1) is 0 Å². The number of rotatable bonds is 8. The van der Waals surface area contributed by atoms with E-state index < -0.39 is 0 Å². The molecule has 1 aromatic carbocycles. The summed E-state index contributed by atoms with van der Waals surface area (Å²) < 4.78 is 5.37. The maximum Gasteiger partial charge on any atom is 0.191 e. The van der Waals surface area contributed by atoms with Gasteiger partial charge in [0.1, 0.15) is 6.54 Å². The van der Waals surface area contributed by atoms with Crippen LogP contribution in [-0.2, 0) is 19.4 Å². The second-order valence-corrected chi connectivity index (χ2v) is 7.25. The van der Waals surface area contributed by atoms with Crippen LogP contribution in [0.1, 0.15) is 56.2 Å². The monoisotopic (exact) mass is 381 g/mol. The van der Waals surface area contributed by atoms with Gasteiger partial charge < -0.3 is 20.1 Å². The Morgan fingerprint density at radius 3 is 2.79 bits per heavy atom. The van der Waals surface area contributed by atoms with E-state index in [-0.39, 0.29) is 0 Å². The van der Waals surface area contributed by atoms with E-state index in [1.807, 2.05) is 6.07 Å². The Labute approximate surface area is 166 Å². The third-order valence-electron chi connectivity index (χ3n) is 4.86. The summed E-state index contributed by atoms with van der Waals surface area (Å²) >= 11 is 0. The first-order valence-corrected chi connectivity index (χ1v) is 10.2. The topological polar surface area (TPSA) is 78.2 Å². The van der Waals surface area contributed by atoms with Crippen molar-refractivity contribution in [2.24, 2.45) is 4.99 Å². The largest absolute Gasteiger partial charge is 0.361 e. The van der Waals surface area contributed by atoms with Gasteiger partial charge in [0, 0.05) is 36.3 Å². The van der Waals surface area contributed by atoms with Crippen LogP contribution in [0.3, 0.4) is 0 Å². The maximum atomic E-state index is 5.37. The van der Waals surface area contributed by atoms with Gasteiger partial charge in [0.2, 0.25) is 0 Å². The number of fused-ring (bicyclic) bond motifs is 1. The molecule has 6 nitrogen and oxygen atoms in total. The Morgan fingerprint density at radius 2 is 2.07 bits per heavy atom. The highest BCUT2D eigenvalue weighted by molar-refractivity contribution is 5.86. The summed E-state index contributed by atoms with van der Waals surface area (Å²) in [6.07, 6.45) is 4.09. The molecular formula is C22H31N5O. The summed E-state index contributed by atoms with van der Waals surface area (Å²) in [5.74, 6) is 1.93. The summed E-state index contributed by atoms with van der Waals surface area (Å²) in [6, 6.07) is 8.50. The average Bonchev–Trinajstić information content (AvgIpc) is 3.33. The molecular weight excluding hydrogens is 350 g/mol. The highest BCUT2D eigenvalue weighted by Gasteiger charge is 2.09. The van der Waals surface area contributed by atoms with E-state index in [1.165, 1.54) is 22.0 Å². The number of hydrogen-bond acceptors (Lipinski definition) is 3. The van der Waals surface area contributed by atoms with E-state index in [2.05, 4.69) is 77.9 Å². The van der Waals surface area contributed by atoms with Gasteiger partial charge >= 0.3 is 0 Å². The predicted octanol–water partition coefficient (Wildman–Crippen LogP) is 4.14. The van der Waals surface area contributed by atoms with Crippen molar-refractivity contribution < 1.29 is 4.52 Å². The van der Waals surface area contributed by atoms with Gasteiger partial charge in [0.15, 0.2) is 11.7 Å². The maximum absolute atomic E-state index is 5.37. The van der Waals surface area contributed by atoms with Crippen molar-refractivity contribution in [1.29, 1.82) is 0 Å². The molecule has 3 rings (SSSR count). The summed E-state index contributed by atoms with van der Waals surface area (Å²) in [6.45, 7) is 10.6. The third-order valence-corrected chi connectivity index (χ3v) is 4.86. The van der Waals surface area contributed by atoms with E-state index in [0.29, 0.717) is 12.5 Å². The molecule has 0 aliphatic rings. The van der Waals surface area contributed by atoms with Crippen molar-refractivity contribution in [2.75, 3.05) is 13.1 Å². The molecule has 28 heavy (non-hydrogen) atoms. The van der Waals surface area contributed by atoms with Crippen LogP contribution in [0.15, 0.2) is 40.0 Å². The molecule has 2 heterocycles. The van der Waals surface area contributed by atoms with Gasteiger partial charge in [-0.25, -0.2) is 4.99 Å². The normalized spacial score (nSPS) is 12.1. The molecule has 0 saturated heterocycles. The van der Waals surface area contributed by atoms with E-state index >= 15 is 0 Å². The summed E-state index contributed by atoms with van der Waals surface area (Å²) in [4.78, 5) is 8.05. The van der Waals surface area contributed by atoms with Crippen LogP contribution in [0, 0.1) is 0 Å². The molecule has 0 spiro atoms. The molecule has 3 aromatic rings. The van der Waals surface area contributed by atoms with Gasteiger partial charge in [0.25, 0.3) is 0 Å². The minimum absolute atomic E-state index is 0.359. The SMILES string of the molecule is CCNC(=NCc1cc(C(C)C)no1)NCCc1c[nH]c2c(CC)cccc12. The second kappa shape index (κ2) is 9.44. The van der Waals surface area contributed by atoms with E-state index in [4.69, 9.17) is 4.52 Å². The molecule has 3 N–H and O–H groups in total. The minimum atomic E-state index is 0.359. The first kappa shape index (κ1) is 20.0. The first-order chi connectivity index (χ1) is 13.6. The molecule has 0 saturated carbocycles. The Balaban J connectivity index is 1.60. The lowest BCUT2D eigenvalue weighted by molar-refractivity contribution is 0.376. The molecule has 0 aliphatic heterocycles. The van der Waals surface area contributed by atoms with Crippen LogP contribution < -0.4 is 10.6 Å². The third kappa shape index (κ3) is 4.74. The number of para-hydroxylation sites is 1. The van der Waals surface area contributed by atoms with E-state index in [9.17, 15) is 0 Å². The molecule has 0 unspecified atom stereocenters. The molecule has 0 bridgehead atoms. The lowest BCUT2D eigenvalue weighted by Crippen LogP contribution is -2.38. The zero-order valence-corrected chi connectivity index (χ0v) is 17.3.